The van der Waals surface area contributed by atoms with Gasteiger partial charge in [0.15, 0.2) is 0 Å². The molecule has 0 spiro atoms. The van der Waals surface area contributed by atoms with E-state index in [1.165, 1.54) is 0 Å². The maximum absolute atomic E-state index is 11.9. The van der Waals surface area contributed by atoms with Crippen LogP contribution in [-0.4, -0.2) is 32.0 Å². The fourth-order valence-electron chi connectivity index (χ4n) is 1.58. The minimum atomic E-state index is -0.161. The molecule has 5 heteroatoms. The van der Waals surface area contributed by atoms with Crippen LogP contribution in [0.5, 0.6) is 0 Å². The van der Waals surface area contributed by atoms with Crippen LogP contribution in [0.1, 0.15) is 30.1 Å². The molecular formula is C14H21N3O2. The maximum Gasteiger partial charge on any atom is 0.253 e. The predicted molar refractivity (Wildman–Crippen MR) is 76.2 cm³/mol. The normalized spacial score (nSPS) is 10.0. The largest absolute Gasteiger partial charge is 0.352 e. The van der Waals surface area contributed by atoms with E-state index in [9.17, 15) is 9.59 Å². The minimum absolute atomic E-state index is 0.106. The summed E-state index contributed by atoms with van der Waals surface area (Å²) in [6.45, 7) is 3.22. The number of amides is 2. The van der Waals surface area contributed by atoms with Gasteiger partial charge in [-0.15, -0.1) is 0 Å². The van der Waals surface area contributed by atoms with Crippen molar-refractivity contribution in [3.05, 3.63) is 29.8 Å². The summed E-state index contributed by atoms with van der Waals surface area (Å²) in [7, 11) is 1.79. The molecule has 3 N–H and O–H groups in total. The van der Waals surface area contributed by atoms with Crippen LogP contribution < -0.4 is 16.0 Å². The highest BCUT2D eigenvalue weighted by Gasteiger charge is 2.11. The number of anilines is 1. The second-order valence-electron chi connectivity index (χ2n) is 4.20. The van der Waals surface area contributed by atoms with E-state index >= 15 is 0 Å². The van der Waals surface area contributed by atoms with Gasteiger partial charge in [0.25, 0.3) is 5.91 Å². The van der Waals surface area contributed by atoms with Gasteiger partial charge in [-0.3, -0.25) is 9.59 Å². The van der Waals surface area contributed by atoms with E-state index in [1.54, 1.807) is 31.3 Å². The minimum Gasteiger partial charge on any atom is -0.352 e. The summed E-state index contributed by atoms with van der Waals surface area (Å²) in [5.41, 5.74) is 1.05. The number of nitrogens with one attached hydrogen (secondary N) is 3. The molecule has 0 aliphatic rings. The van der Waals surface area contributed by atoms with Crippen LogP contribution in [0.2, 0.25) is 0 Å². The van der Waals surface area contributed by atoms with Crippen LogP contribution in [0.4, 0.5) is 5.69 Å². The summed E-state index contributed by atoms with van der Waals surface area (Å²) in [6.07, 6.45) is 1.25. The summed E-state index contributed by atoms with van der Waals surface area (Å²) in [5.74, 6) is -0.267. The van der Waals surface area contributed by atoms with Crippen LogP contribution in [0.3, 0.4) is 0 Å². The molecule has 0 unspecified atom stereocenters. The monoisotopic (exact) mass is 263 g/mol. The number of carbonyl (C=O) groups is 2. The van der Waals surface area contributed by atoms with Gasteiger partial charge in [0, 0.05) is 19.5 Å². The van der Waals surface area contributed by atoms with Gasteiger partial charge in [-0.2, -0.15) is 0 Å². The molecule has 1 aromatic carbocycles. The standard InChI is InChI=1S/C14H21N3O2/c1-3-9-16-14(19)11-6-4-5-7-12(11)17-13(18)8-10-15-2/h4-7,15H,3,8-10H2,1-2H3,(H,16,19)(H,17,18). The molecule has 2 amide bonds. The van der Waals surface area contributed by atoms with Crippen molar-refractivity contribution in [1.29, 1.82) is 0 Å². The molecule has 0 heterocycles. The lowest BCUT2D eigenvalue weighted by atomic mass is 10.1. The molecule has 0 aliphatic heterocycles. The van der Waals surface area contributed by atoms with Gasteiger partial charge in [0.1, 0.15) is 0 Å². The SMILES string of the molecule is CCCNC(=O)c1ccccc1NC(=O)CCNC. The molecule has 0 atom stereocenters. The van der Waals surface area contributed by atoms with Gasteiger partial charge < -0.3 is 16.0 Å². The number of hydrogen-bond acceptors (Lipinski definition) is 3. The number of hydrogen-bond donors (Lipinski definition) is 3. The lowest BCUT2D eigenvalue weighted by molar-refractivity contribution is -0.116. The summed E-state index contributed by atoms with van der Waals surface area (Å²) < 4.78 is 0. The fourth-order valence-corrected chi connectivity index (χ4v) is 1.58. The van der Waals surface area contributed by atoms with Crippen molar-refractivity contribution >= 4 is 17.5 Å². The fraction of sp³-hybridized carbons (Fsp3) is 0.429. The molecule has 0 fully saturated rings. The van der Waals surface area contributed by atoms with E-state index in [0.29, 0.717) is 30.8 Å². The van der Waals surface area contributed by atoms with E-state index in [1.807, 2.05) is 6.92 Å². The molecule has 0 saturated carbocycles. The average molecular weight is 263 g/mol. The van der Waals surface area contributed by atoms with Gasteiger partial charge in [0.05, 0.1) is 11.3 Å². The Morgan fingerprint density at radius 3 is 2.58 bits per heavy atom. The zero-order valence-electron chi connectivity index (χ0n) is 11.5. The first-order valence-corrected chi connectivity index (χ1v) is 6.50. The first-order chi connectivity index (χ1) is 9.19. The Morgan fingerprint density at radius 1 is 1.16 bits per heavy atom. The third kappa shape index (κ3) is 5.09. The smallest absolute Gasteiger partial charge is 0.253 e. The van der Waals surface area contributed by atoms with Crippen molar-refractivity contribution in [1.82, 2.24) is 10.6 Å². The highest BCUT2D eigenvalue weighted by molar-refractivity contribution is 6.03. The summed E-state index contributed by atoms with van der Waals surface area (Å²) >= 11 is 0. The quantitative estimate of drug-likeness (QED) is 0.696. The van der Waals surface area contributed by atoms with Crippen LogP contribution >= 0.6 is 0 Å². The van der Waals surface area contributed by atoms with Crippen LogP contribution in [0.25, 0.3) is 0 Å². The molecule has 0 radical (unpaired) electrons. The Labute approximate surface area is 113 Å². The zero-order chi connectivity index (χ0) is 14.1. The van der Waals surface area contributed by atoms with Crippen molar-refractivity contribution < 1.29 is 9.59 Å². The molecular weight excluding hydrogens is 242 g/mol. The molecule has 104 valence electrons. The molecule has 19 heavy (non-hydrogen) atoms. The van der Waals surface area contributed by atoms with E-state index in [4.69, 9.17) is 0 Å². The summed E-state index contributed by atoms with van der Waals surface area (Å²) in [4.78, 5) is 23.6. The van der Waals surface area contributed by atoms with E-state index in [2.05, 4.69) is 16.0 Å². The van der Waals surface area contributed by atoms with Crippen molar-refractivity contribution in [2.45, 2.75) is 19.8 Å². The third-order valence-electron chi connectivity index (χ3n) is 2.58. The number of para-hydroxylation sites is 1. The third-order valence-corrected chi connectivity index (χ3v) is 2.58. The predicted octanol–water partition coefficient (Wildman–Crippen LogP) is 1.37. The molecule has 1 rings (SSSR count). The van der Waals surface area contributed by atoms with Crippen LogP contribution in [-0.2, 0) is 4.79 Å². The highest BCUT2D eigenvalue weighted by Crippen LogP contribution is 2.15. The topological polar surface area (TPSA) is 70.2 Å². The van der Waals surface area contributed by atoms with Gasteiger partial charge in [-0.05, 0) is 25.6 Å². The van der Waals surface area contributed by atoms with Gasteiger partial charge in [-0.1, -0.05) is 19.1 Å². The van der Waals surface area contributed by atoms with Gasteiger partial charge >= 0.3 is 0 Å². The lowest BCUT2D eigenvalue weighted by Crippen LogP contribution is -2.26. The lowest BCUT2D eigenvalue weighted by Gasteiger charge is -2.11. The maximum atomic E-state index is 11.9. The van der Waals surface area contributed by atoms with Gasteiger partial charge in [-0.25, -0.2) is 0 Å². The summed E-state index contributed by atoms with van der Waals surface area (Å²) in [6, 6.07) is 7.02. The molecule has 1 aromatic rings. The van der Waals surface area contributed by atoms with Crippen LogP contribution in [0.15, 0.2) is 24.3 Å². The molecule has 0 saturated heterocycles. The number of rotatable bonds is 7. The Balaban J connectivity index is 2.72. The van der Waals surface area contributed by atoms with E-state index in [-0.39, 0.29) is 11.8 Å². The number of carbonyl (C=O) groups excluding carboxylic acids is 2. The van der Waals surface area contributed by atoms with Crippen molar-refractivity contribution in [3.63, 3.8) is 0 Å². The second kappa shape index (κ2) is 8.26. The average Bonchev–Trinajstić information content (AvgIpc) is 2.43. The Hall–Kier alpha value is -1.88. The molecule has 0 aromatic heterocycles. The van der Waals surface area contributed by atoms with E-state index in [0.717, 1.165) is 6.42 Å². The first-order valence-electron chi connectivity index (χ1n) is 6.50. The van der Waals surface area contributed by atoms with E-state index < -0.39 is 0 Å². The zero-order valence-corrected chi connectivity index (χ0v) is 11.5. The van der Waals surface area contributed by atoms with Crippen molar-refractivity contribution in [2.24, 2.45) is 0 Å². The number of benzene rings is 1. The van der Waals surface area contributed by atoms with Crippen molar-refractivity contribution in [2.75, 3.05) is 25.5 Å². The summed E-state index contributed by atoms with van der Waals surface area (Å²) in [5, 5.41) is 8.48. The molecule has 5 nitrogen and oxygen atoms in total. The second-order valence-corrected chi connectivity index (χ2v) is 4.20. The van der Waals surface area contributed by atoms with Gasteiger partial charge in [0.2, 0.25) is 5.91 Å². The molecule has 0 bridgehead atoms. The van der Waals surface area contributed by atoms with Crippen LogP contribution in [0, 0.1) is 0 Å². The first kappa shape index (κ1) is 15.2. The Morgan fingerprint density at radius 2 is 1.89 bits per heavy atom. The van der Waals surface area contributed by atoms with Crippen molar-refractivity contribution in [3.8, 4) is 0 Å². The Kier molecular flexibility index (Phi) is 6.60. The molecule has 0 aliphatic carbocycles. The highest BCUT2D eigenvalue weighted by atomic mass is 16.2. The Bertz CT molecular complexity index is 432.